The van der Waals surface area contributed by atoms with Crippen LogP contribution >= 0.6 is 0 Å². The van der Waals surface area contributed by atoms with Gasteiger partial charge in [-0.2, -0.15) is 0 Å². The molecule has 0 fully saturated rings. The van der Waals surface area contributed by atoms with Crippen LogP contribution in [0.3, 0.4) is 0 Å². The second-order valence-corrected chi connectivity index (χ2v) is 4.51. The highest BCUT2D eigenvalue weighted by atomic mass is 19.1. The Labute approximate surface area is 128 Å². The number of carbonyl (C=O) groups excluding carboxylic acids is 1. The first kappa shape index (κ1) is 15.8. The summed E-state index contributed by atoms with van der Waals surface area (Å²) in [6, 6.07) is 9.53. The molecular formula is C16H18FN3O2. The molecule has 2 rings (SSSR count). The number of amides is 2. The minimum atomic E-state index is -0.384. The summed E-state index contributed by atoms with van der Waals surface area (Å²) in [6.07, 6.45) is 2.01. The van der Waals surface area contributed by atoms with Gasteiger partial charge in [-0.3, -0.25) is 0 Å². The Kier molecular flexibility index (Phi) is 5.71. The van der Waals surface area contributed by atoms with E-state index in [0.717, 1.165) is 0 Å². The van der Waals surface area contributed by atoms with Gasteiger partial charge in [-0.15, -0.1) is 0 Å². The largest absolute Gasteiger partial charge is 0.476 e. The van der Waals surface area contributed by atoms with Crippen molar-refractivity contribution in [1.29, 1.82) is 0 Å². The third kappa shape index (κ3) is 4.44. The van der Waals surface area contributed by atoms with Crippen LogP contribution in [0.2, 0.25) is 0 Å². The number of rotatable bonds is 6. The van der Waals surface area contributed by atoms with Gasteiger partial charge in [-0.05, 0) is 37.1 Å². The molecule has 0 saturated heterocycles. The number of aromatic nitrogens is 1. The van der Waals surface area contributed by atoms with Gasteiger partial charge in [-0.25, -0.2) is 14.2 Å². The molecule has 0 bridgehead atoms. The second-order valence-electron chi connectivity index (χ2n) is 4.51. The highest BCUT2D eigenvalue weighted by Crippen LogP contribution is 2.20. The molecule has 0 spiro atoms. The number of halogens is 1. The first-order chi connectivity index (χ1) is 10.7. The van der Waals surface area contributed by atoms with Crippen LogP contribution in [-0.2, 0) is 6.42 Å². The zero-order valence-electron chi connectivity index (χ0n) is 12.3. The zero-order chi connectivity index (χ0) is 15.8. The maximum Gasteiger partial charge on any atom is 0.319 e. The van der Waals surface area contributed by atoms with E-state index in [4.69, 9.17) is 4.74 Å². The highest BCUT2D eigenvalue weighted by Gasteiger charge is 2.08. The van der Waals surface area contributed by atoms with Gasteiger partial charge in [0.1, 0.15) is 11.5 Å². The molecule has 22 heavy (non-hydrogen) atoms. The van der Waals surface area contributed by atoms with Crippen molar-refractivity contribution in [3.8, 4) is 5.88 Å². The van der Waals surface area contributed by atoms with E-state index in [-0.39, 0.29) is 11.8 Å². The predicted octanol–water partition coefficient (Wildman–Crippen LogP) is 2.98. The molecule has 1 aromatic heterocycles. The number of benzene rings is 1. The van der Waals surface area contributed by atoms with Crippen molar-refractivity contribution in [3.05, 3.63) is 54.0 Å². The highest BCUT2D eigenvalue weighted by molar-refractivity contribution is 5.90. The number of hydrogen-bond donors (Lipinski definition) is 2. The van der Waals surface area contributed by atoms with Crippen LogP contribution < -0.4 is 15.4 Å². The maximum atomic E-state index is 13.4. The van der Waals surface area contributed by atoms with E-state index in [1.807, 2.05) is 6.92 Å². The van der Waals surface area contributed by atoms with Crippen molar-refractivity contribution in [2.45, 2.75) is 13.3 Å². The van der Waals surface area contributed by atoms with Gasteiger partial charge in [0.2, 0.25) is 5.88 Å². The van der Waals surface area contributed by atoms with E-state index in [1.54, 1.807) is 36.5 Å². The zero-order valence-corrected chi connectivity index (χ0v) is 12.3. The average Bonchev–Trinajstić information content (AvgIpc) is 2.51. The summed E-state index contributed by atoms with van der Waals surface area (Å²) >= 11 is 0. The fourth-order valence-corrected chi connectivity index (χ4v) is 1.92. The molecule has 2 aromatic rings. The number of carbonyl (C=O) groups is 1. The number of ether oxygens (including phenoxy) is 1. The smallest absolute Gasteiger partial charge is 0.319 e. The molecule has 0 aliphatic carbocycles. The molecule has 1 heterocycles. The number of hydrogen-bond acceptors (Lipinski definition) is 3. The van der Waals surface area contributed by atoms with Gasteiger partial charge in [-0.1, -0.05) is 18.2 Å². The fourth-order valence-electron chi connectivity index (χ4n) is 1.92. The van der Waals surface area contributed by atoms with Crippen LogP contribution in [0.5, 0.6) is 5.88 Å². The van der Waals surface area contributed by atoms with Crippen LogP contribution in [0, 0.1) is 5.82 Å². The van der Waals surface area contributed by atoms with Gasteiger partial charge < -0.3 is 15.4 Å². The SMILES string of the molecule is CCOc1ncccc1NC(=O)NCCc1ccccc1F. The summed E-state index contributed by atoms with van der Waals surface area (Å²) in [5.41, 5.74) is 1.06. The molecule has 6 heteroatoms. The molecule has 2 amide bonds. The summed E-state index contributed by atoms with van der Waals surface area (Å²) in [6.45, 7) is 2.63. The molecule has 0 unspecified atom stereocenters. The molecule has 5 nitrogen and oxygen atoms in total. The predicted molar refractivity (Wildman–Crippen MR) is 82.5 cm³/mol. The first-order valence-electron chi connectivity index (χ1n) is 7.06. The molecule has 1 aromatic carbocycles. The number of anilines is 1. The number of nitrogens with zero attached hydrogens (tertiary/aromatic N) is 1. The standard InChI is InChI=1S/C16H18FN3O2/c1-2-22-15-14(8-5-10-18-15)20-16(21)19-11-9-12-6-3-4-7-13(12)17/h3-8,10H,2,9,11H2,1H3,(H2,19,20,21). The van der Waals surface area contributed by atoms with Gasteiger partial charge in [0.15, 0.2) is 0 Å². The summed E-state index contributed by atoms with van der Waals surface area (Å²) < 4.78 is 18.8. The molecule has 116 valence electrons. The molecular weight excluding hydrogens is 285 g/mol. The second kappa shape index (κ2) is 7.97. The van der Waals surface area contributed by atoms with E-state index in [2.05, 4.69) is 15.6 Å². The quantitative estimate of drug-likeness (QED) is 0.862. The molecule has 2 N–H and O–H groups in total. The Hall–Kier alpha value is -2.63. The Balaban J connectivity index is 1.85. The number of pyridine rings is 1. The van der Waals surface area contributed by atoms with Crippen molar-refractivity contribution in [2.24, 2.45) is 0 Å². The summed E-state index contributed by atoms with van der Waals surface area (Å²) in [4.78, 5) is 15.9. The lowest BCUT2D eigenvalue weighted by Crippen LogP contribution is -2.30. The average molecular weight is 303 g/mol. The van der Waals surface area contributed by atoms with E-state index >= 15 is 0 Å². The van der Waals surface area contributed by atoms with Crippen LogP contribution in [-0.4, -0.2) is 24.2 Å². The minimum absolute atomic E-state index is 0.268. The minimum Gasteiger partial charge on any atom is -0.476 e. The van der Waals surface area contributed by atoms with E-state index in [9.17, 15) is 9.18 Å². The monoisotopic (exact) mass is 303 g/mol. The lowest BCUT2D eigenvalue weighted by atomic mass is 10.1. The molecule has 0 aliphatic rings. The van der Waals surface area contributed by atoms with Crippen molar-refractivity contribution >= 4 is 11.7 Å². The van der Waals surface area contributed by atoms with E-state index in [1.165, 1.54) is 6.07 Å². The Morgan fingerprint density at radius 2 is 2.09 bits per heavy atom. The van der Waals surface area contributed by atoms with Crippen molar-refractivity contribution in [1.82, 2.24) is 10.3 Å². The van der Waals surface area contributed by atoms with Crippen LogP contribution in [0.25, 0.3) is 0 Å². The normalized spacial score (nSPS) is 10.1. The van der Waals surface area contributed by atoms with Gasteiger partial charge in [0.25, 0.3) is 0 Å². The molecule has 0 saturated carbocycles. The number of nitrogens with one attached hydrogen (secondary N) is 2. The van der Waals surface area contributed by atoms with Crippen molar-refractivity contribution < 1.29 is 13.9 Å². The molecule has 0 aliphatic heterocycles. The van der Waals surface area contributed by atoms with Crippen molar-refractivity contribution in [3.63, 3.8) is 0 Å². The van der Waals surface area contributed by atoms with Crippen LogP contribution in [0.15, 0.2) is 42.6 Å². The number of urea groups is 1. The van der Waals surface area contributed by atoms with Gasteiger partial charge in [0.05, 0.1) is 6.61 Å². The van der Waals surface area contributed by atoms with Crippen LogP contribution in [0.4, 0.5) is 14.9 Å². The molecule has 0 atom stereocenters. The Morgan fingerprint density at radius 3 is 2.86 bits per heavy atom. The summed E-state index contributed by atoms with van der Waals surface area (Å²) in [5.74, 6) is 0.102. The third-order valence-corrected chi connectivity index (χ3v) is 2.94. The lowest BCUT2D eigenvalue weighted by molar-refractivity contribution is 0.252. The van der Waals surface area contributed by atoms with E-state index in [0.29, 0.717) is 36.7 Å². The van der Waals surface area contributed by atoms with Crippen molar-refractivity contribution in [2.75, 3.05) is 18.5 Å². The third-order valence-electron chi connectivity index (χ3n) is 2.94. The fraction of sp³-hybridized carbons (Fsp3) is 0.250. The maximum absolute atomic E-state index is 13.4. The van der Waals surface area contributed by atoms with Gasteiger partial charge in [0, 0.05) is 12.7 Å². The van der Waals surface area contributed by atoms with E-state index < -0.39 is 0 Å². The van der Waals surface area contributed by atoms with Gasteiger partial charge >= 0.3 is 6.03 Å². The Bertz CT molecular complexity index is 634. The summed E-state index contributed by atoms with van der Waals surface area (Å²) in [7, 11) is 0. The van der Waals surface area contributed by atoms with Crippen LogP contribution in [0.1, 0.15) is 12.5 Å². The Morgan fingerprint density at radius 1 is 1.27 bits per heavy atom. The lowest BCUT2D eigenvalue weighted by Gasteiger charge is -2.11. The topological polar surface area (TPSA) is 63.2 Å². The summed E-state index contributed by atoms with van der Waals surface area (Å²) in [5, 5.41) is 5.34. The first-order valence-corrected chi connectivity index (χ1v) is 7.06. The molecule has 0 radical (unpaired) electrons.